The van der Waals surface area contributed by atoms with Crippen molar-refractivity contribution in [2.75, 3.05) is 5.73 Å². The van der Waals surface area contributed by atoms with Gasteiger partial charge in [-0.15, -0.1) is 0 Å². The number of nitrogen functional groups attached to an aromatic ring is 1. The third-order valence-electron chi connectivity index (χ3n) is 5.35. The Labute approximate surface area is 173 Å². The van der Waals surface area contributed by atoms with Crippen LogP contribution >= 0.6 is 0 Å². The first kappa shape index (κ1) is 20.1. The quantitative estimate of drug-likeness (QED) is 0.462. The molecule has 2 nitrogen and oxygen atoms in total. The van der Waals surface area contributed by atoms with Crippen LogP contribution in [0.4, 0.5) is 18.9 Å². The van der Waals surface area contributed by atoms with Gasteiger partial charge in [0.2, 0.25) is 0 Å². The molecule has 3 aromatic rings. The summed E-state index contributed by atoms with van der Waals surface area (Å²) in [5.41, 5.74) is 10.2. The van der Waals surface area contributed by atoms with Gasteiger partial charge in [0.25, 0.3) is 0 Å². The van der Waals surface area contributed by atoms with Crippen LogP contribution in [-0.2, 0) is 12.8 Å². The zero-order chi connectivity index (χ0) is 21.1. The number of alkyl halides is 3. The molecule has 0 heterocycles. The van der Waals surface area contributed by atoms with Crippen molar-refractivity contribution < 1.29 is 17.9 Å². The molecule has 2 N–H and O–H groups in total. The van der Waals surface area contributed by atoms with Gasteiger partial charge in [-0.25, -0.2) is 0 Å². The summed E-state index contributed by atoms with van der Waals surface area (Å²) in [6.07, 6.45) is -1.99. The second kappa shape index (κ2) is 8.27. The largest absolute Gasteiger partial charge is 0.488 e. The van der Waals surface area contributed by atoms with Gasteiger partial charge >= 0.3 is 6.18 Å². The average molecular weight is 409 g/mol. The SMILES string of the molecule is Nc1ccc(C2=C(c3cc(C(F)(F)F)ccc3OCc3ccccc3)CCC2)cc1. The monoisotopic (exact) mass is 409 g/mol. The summed E-state index contributed by atoms with van der Waals surface area (Å²) in [7, 11) is 0. The van der Waals surface area contributed by atoms with Crippen molar-refractivity contribution in [3.05, 3.63) is 95.1 Å². The van der Waals surface area contributed by atoms with E-state index in [1.807, 2.05) is 54.6 Å². The Bertz CT molecular complexity index is 1050. The molecule has 0 saturated carbocycles. The minimum absolute atomic E-state index is 0.295. The third kappa shape index (κ3) is 4.35. The first-order valence-electron chi connectivity index (χ1n) is 9.88. The summed E-state index contributed by atoms with van der Waals surface area (Å²) in [5.74, 6) is 0.469. The zero-order valence-electron chi connectivity index (χ0n) is 16.4. The number of halogens is 3. The number of hydrogen-bond acceptors (Lipinski definition) is 2. The van der Waals surface area contributed by atoms with Crippen molar-refractivity contribution in [1.82, 2.24) is 0 Å². The highest BCUT2D eigenvalue weighted by Gasteiger charge is 2.32. The van der Waals surface area contributed by atoms with E-state index in [1.54, 1.807) is 0 Å². The van der Waals surface area contributed by atoms with Gasteiger partial charge in [0.15, 0.2) is 0 Å². The molecular formula is C25H22F3NO. The van der Waals surface area contributed by atoms with Crippen LogP contribution in [0.2, 0.25) is 0 Å². The number of rotatable bonds is 5. The van der Waals surface area contributed by atoms with E-state index in [0.717, 1.165) is 41.2 Å². The highest BCUT2D eigenvalue weighted by Crippen LogP contribution is 2.44. The first-order chi connectivity index (χ1) is 14.4. The molecular weight excluding hydrogens is 387 g/mol. The minimum atomic E-state index is -4.41. The van der Waals surface area contributed by atoms with Gasteiger partial charge < -0.3 is 10.5 Å². The number of allylic oxidation sites excluding steroid dienone is 2. The summed E-state index contributed by atoms with van der Waals surface area (Å²) in [5, 5.41) is 0. The molecule has 0 spiro atoms. The lowest BCUT2D eigenvalue weighted by molar-refractivity contribution is -0.137. The van der Waals surface area contributed by atoms with E-state index in [4.69, 9.17) is 10.5 Å². The molecule has 0 aliphatic heterocycles. The van der Waals surface area contributed by atoms with Gasteiger partial charge in [0.1, 0.15) is 12.4 Å². The van der Waals surface area contributed by atoms with Crippen molar-refractivity contribution in [3.8, 4) is 5.75 Å². The van der Waals surface area contributed by atoms with Gasteiger partial charge in [-0.05, 0) is 71.9 Å². The maximum atomic E-state index is 13.4. The lowest BCUT2D eigenvalue weighted by Gasteiger charge is -2.17. The number of anilines is 1. The van der Waals surface area contributed by atoms with Crippen LogP contribution in [0.25, 0.3) is 11.1 Å². The molecule has 0 bridgehead atoms. The number of benzene rings is 3. The molecule has 154 valence electrons. The molecule has 5 heteroatoms. The normalized spacial score (nSPS) is 14.2. The Morgan fingerprint density at radius 1 is 0.833 bits per heavy atom. The Balaban J connectivity index is 1.77. The fraction of sp³-hybridized carbons (Fsp3) is 0.200. The second-order valence-electron chi connectivity index (χ2n) is 7.42. The molecule has 0 saturated heterocycles. The highest BCUT2D eigenvalue weighted by molar-refractivity contribution is 5.94. The van der Waals surface area contributed by atoms with Crippen LogP contribution in [-0.4, -0.2) is 0 Å². The van der Waals surface area contributed by atoms with Crippen LogP contribution in [0.3, 0.4) is 0 Å². The minimum Gasteiger partial charge on any atom is -0.488 e. The lowest BCUT2D eigenvalue weighted by atomic mass is 9.95. The smallest absolute Gasteiger partial charge is 0.416 e. The standard InChI is InChI=1S/C25H22F3NO/c26-25(27,28)19-11-14-24(30-16-17-5-2-1-3-6-17)23(15-19)22-8-4-7-21(22)18-9-12-20(29)13-10-18/h1-3,5-6,9-15H,4,7-8,16,29H2. The van der Waals surface area contributed by atoms with E-state index in [0.29, 0.717) is 30.0 Å². The predicted octanol–water partition coefficient (Wildman–Crippen LogP) is 6.96. The molecule has 30 heavy (non-hydrogen) atoms. The fourth-order valence-electron chi connectivity index (χ4n) is 3.85. The van der Waals surface area contributed by atoms with Crippen molar-refractivity contribution in [1.29, 1.82) is 0 Å². The lowest BCUT2D eigenvalue weighted by Crippen LogP contribution is -2.07. The van der Waals surface area contributed by atoms with E-state index < -0.39 is 11.7 Å². The Morgan fingerprint density at radius 2 is 1.53 bits per heavy atom. The van der Waals surface area contributed by atoms with Crippen molar-refractivity contribution in [3.63, 3.8) is 0 Å². The third-order valence-corrected chi connectivity index (χ3v) is 5.35. The molecule has 1 aliphatic rings. The summed E-state index contributed by atoms with van der Waals surface area (Å²) in [4.78, 5) is 0. The zero-order valence-corrected chi connectivity index (χ0v) is 16.4. The van der Waals surface area contributed by atoms with E-state index >= 15 is 0 Å². The molecule has 1 aliphatic carbocycles. The topological polar surface area (TPSA) is 35.2 Å². The first-order valence-corrected chi connectivity index (χ1v) is 9.88. The van der Waals surface area contributed by atoms with E-state index in [2.05, 4.69) is 0 Å². The molecule has 0 unspecified atom stereocenters. The van der Waals surface area contributed by atoms with E-state index in [-0.39, 0.29) is 0 Å². The molecule has 0 fully saturated rings. The second-order valence-corrected chi connectivity index (χ2v) is 7.42. The molecule has 0 aromatic heterocycles. The Kier molecular flexibility index (Phi) is 5.53. The van der Waals surface area contributed by atoms with Gasteiger partial charge in [0.05, 0.1) is 5.56 Å². The summed E-state index contributed by atoms with van der Waals surface area (Å²) < 4.78 is 46.3. The van der Waals surface area contributed by atoms with Gasteiger partial charge in [-0.2, -0.15) is 13.2 Å². The number of ether oxygens (including phenoxy) is 1. The Hall–Kier alpha value is -3.21. The van der Waals surface area contributed by atoms with Crippen molar-refractivity contribution in [2.45, 2.75) is 32.0 Å². The van der Waals surface area contributed by atoms with Crippen LogP contribution in [0.1, 0.15) is 41.5 Å². The molecule has 3 aromatic carbocycles. The van der Waals surface area contributed by atoms with Crippen LogP contribution < -0.4 is 10.5 Å². The summed E-state index contributed by atoms with van der Waals surface area (Å²) in [6.45, 7) is 0.295. The molecule has 0 amide bonds. The van der Waals surface area contributed by atoms with E-state index in [9.17, 15) is 13.2 Å². The number of hydrogen-bond donors (Lipinski definition) is 1. The van der Waals surface area contributed by atoms with Gasteiger partial charge in [0, 0.05) is 11.3 Å². The molecule has 4 rings (SSSR count). The number of nitrogens with two attached hydrogens (primary N) is 1. The van der Waals surface area contributed by atoms with Crippen molar-refractivity contribution >= 4 is 16.8 Å². The van der Waals surface area contributed by atoms with Gasteiger partial charge in [-0.3, -0.25) is 0 Å². The maximum absolute atomic E-state index is 13.4. The fourth-order valence-corrected chi connectivity index (χ4v) is 3.85. The maximum Gasteiger partial charge on any atom is 0.416 e. The summed E-state index contributed by atoms with van der Waals surface area (Å²) >= 11 is 0. The Morgan fingerprint density at radius 3 is 2.23 bits per heavy atom. The average Bonchev–Trinajstić information content (AvgIpc) is 3.22. The predicted molar refractivity (Wildman–Crippen MR) is 114 cm³/mol. The highest BCUT2D eigenvalue weighted by atomic mass is 19.4. The molecule has 0 radical (unpaired) electrons. The van der Waals surface area contributed by atoms with Crippen molar-refractivity contribution in [2.24, 2.45) is 0 Å². The summed E-state index contributed by atoms with van der Waals surface area (Å²) in [6, 6.07) is 20.8. The van der Waals surface area contributed by atoms with Crippen LogP contribution in [0.5, 0.6) is 5.75 Å². The van der Waals surface area contributed by atoms with Crippen LogP contribution in [0, 0.1) is 0 Å². The van der Waals surface area contributed by atoms with Gasteiger partial charge in [-0.1, -0.05) is 42.5 Å². The van der Waals surface area contributed by atoms with Crippen LogP contribution in [0.15, 0.2) is 72.8 Å². The molecule has 0 atom stereocenters. The van der Waals surface area contributed by atoms with E-state index in [1.165, 1.54) is 12.1 Å².